The molecule has 0 saturated carbocycles. The van der Waals surface area contributed by atoms with Gasteiger partial charge in [-0.05, 0) is 6.92 Å². The van der Waals surface area contributed by atoms with E-state index in [1.54, 1.807) is 21.3 Å². The fourth-order valence-electron chi connectivity index (χ4n) is 2.60. The van der Waals surface area contributed by atoms with Crippen LogP contribution in [-0.4, -0.2) is 76.8 Å². The first-order chi connectivity index (χ1) is 10.4. The Morgan fingerprint density at radius 1 is 1.27 bits per heavy atom. The number of carbonyl (C=O) groups excluding carboxylic acids is 1. The van der Waals surface area contributed by atoms with Crippen molar-refractivity contribution in [2.24, 2.45) is 5.73 Å². The first-order valence-electron chi connectivity index (χ1n) is 7.01. The monoisotopic (exact) mass is 318 g/mol. The maximum absolute atomic E-state index is 11.9. The zero-order valence-corrected chi connectivity index (χ0v) is 13.4. The van der Waals surface area contributed by atoms with Crippen molar-refractivity contribution in [1.82, 2.24) is 10.6 Å². The summed E-state index contributed by atoms with van der Waals surface area (Å²) in [4.78, 5) is 11.9. The molecule has 1 fully saturated rings. The second-order valence-corrected chi connectivity index (χ2v) is 5.10. The van der Waals surface area contributed by atoms with Crippen molar-refractivity contribution < 1.29 is 23.7 Å². The average Bonchev–Trinajstić information content (AvgIpc) is 2.47. The molecule has 22 heavy (non-hydrogen) atoms. The smallest absolute Gasteiger partial charge is 0.239 e. The van der Waals surface area contributed by atoms with E-state index in [0.717, 1.165) is 0 Å². The van der Waals surface area contributed by atoms with Crippen LogP contribution in [0.4, 0.5) is 0 Å². The van der Waals surface area contributed by atoms with E-state index in [2.05, 4.69) is 10.6 Å². The summed E-state index contributed by atoms with van der Waals surface area (Å²) in [5, 5.41) is 12.3. The molecule has 5 atom stereocenters. The van der Waals surface area contributed by atoms with Gasteiger partial charge in [-0.15, -0.1) is 0 Å². The van der Waals surface area contributed by atoms with Crippen molar-refractivity contribution >= 4 is 11.9 Å². The number of rotatable bonds is 7. The van der Waals surface area contributed by atoms with E-state index < -0.39 is 0 Å². The van der Waals surface area contributed by atoms with Gasteiger partial charge in [-0.2, -0.15) is 0 Å². The molecule has 0 aliphatic carbocycles. The minimum Gasteiger partial charge on any atom is -0.382 e. The highest BCUT2D eigenvalue weighted by Gasteiger charge is 2.45. The minimum atomic E-state index is -0.385. The van der Waals surface area contributed by atoms with E-state index in [4.69, 9.17) is 30.1 Å². The third-order valence-electron chi connectivity index (χ3n) is 3.58. The molecule has 5 N–H and O–H groups in total. The van der Waals surface area contributed by atoms with Gasteiger partial charge in [0, 0.05) is 21.3 Å². The lowest BCUT2D eigenvalue weighted by Crippen LogP contribution is -2.65. The maximum atomic E-state index is 11.9. The van der Waals surface area contributed by atoms with Crippen molar-refractivity contribution in [1.29, 1.82) is 5.41 Å². The molecule has 1 saturated heterocycles. The molecule has 0 aromatic carbocycles. The Hall–Kier alpha value is -1.42. The van der Waals surface area contributed by atoms with Gasteiger partial charge in [0.2, 0.25) is 5.91 Å². The van der Waals surface area contributed by atoms with Crippen LogP contribution in [0.15, 0.2) is 0 Å². The average molecular weight is 318 g/mol. The van der Waals surface area contributed by atoms with Crippen LogP contribution < -0.4 is 16.4 Å². The number of nitrogens with one attached hydrogen (secondary N) is 3. The van der Waals surface area contributed by atoms with Crippen LogP contribution in [0.3, 0.4) is 0 Å². The molecule has 1 amide bonds. The van der Waals surface area contributed by atoms with Gasteiger partial charge in [-0.3, -0.25) is 10.2 Å². The van der Waals surface area contributed by atoms with Crippen LogP contribution >= 0.6 is 0 Å². The van der Waals surface area contributed by atoms with Crippen LogP contribution in [0, 0.1) is 5.41 Å². The van der Waals surface area contributed by atoms with E-state index >= 15 is 0 Å². The van der Waals surface area contributed by atoms with Gasteiger partial charge in [-0.25, -0.2) is 0 Å². The highest BCUT2D eigenvalue weighted by Crippen LogP contribution is 2.25. The van der Waals surface area contributed by atoms with E-state index in [0.29, 0.717) is 6.61 Å². The highest BCUT2D eigenvalue weighted by atomic mass is 16.6. The molecule has 9 heteroatoms. The first kappa shape index (κ1) is 18.6. The number of guanidine groups is 1. The predicted octanol–water partition coefficient (Wildman–Crippen LogP) is -1.58. The van der Waals surface area contributed by atoms with Gasteiger partial charge in [0.25, 0.3) is 0 Å². The SMILES string of the molecule is COCC1OC(C)C(NC(=O)CNC(=N)N)[C@@H](OC)[C@@H]1OC. The van der Waals surface area contributed by atoms with E-state index in [9.17, 15) is 4.79 Å². The predicted molar refractivity (Wildman–Crippen MR) is 79.7 cm³/mol. The Balaban J connectivity index is 2.75. The number of carbonyl (C=O) groups is 1. The van der Waals surface area contributed by atoms with Crippen molar-refractivity contribution in [3.63, 3.8) is 0 Å². The van der Waals surface area contributed by atoms with Crippen LogP contribution in [0.5, 0.6) is 0 Å². The first-order valence-corrected chi connectivity index (χ1v) is 7.01. The number of hydrogen-bond donors (Lipinski definition) is 4. The summed E-state index contributed by atoms with van der Waals surface area (Å²) in [6.45, 7) is 2.13. The molecule has 1 aliphatic rings. The minimum absolute atomic E-state index is 0.0892. The van der Waals surface area contributed by atoms with E-state index in [-0.39, 0.29) is 48.9 Å². The molecule has 1 aliphatic heterocycles. The standard InChI is InChI=1S/C13H26N4O5/c1-7-10(17-9(18)5-16-13(14)15)12(21-4)11(20-3)8(22-7)6-19-2/h7-8,10-12H,5-6H2,1-4H3,(H,17,18)(H4,14,15,16)/t7?,8?,10?,11-,12-/m1/s1. The summed E-state index contributed by atoms with van der Waals surface area (Å²) in [6, 6.07) is -0.385. The third-order valence-corrected chi connectivity index (χ3v) is 3.58. The Morgan fingerprint density at radius 2 is 1.91 bits per heavy atom. The summed E-state index contributed by atoms with van der Waals surface area (Å²) < 4.78 is 22.0. The normalized spacial score (nSPS) is 31.5. The molecule has 1 rings (SSSR count). The number of hydrogen-bond acceptors (Lipinski definition) is 6. The van der Waals surface area contributed by atoms with Gasteiger partial charge >= 0.3 is 0 Å². The molecule has 9 nitrogen and oxygen atoms in total. The molecule has 0 aromatic heterocycles. The van der Waals surface area contributed by atoms with Gasteiger partial charge in [0.15, 0.2) is 5.96 Å². The molecular weight excluding hydrogens is 292 g/mol. The van der Waals surface area contributed by atoms with Crippen molar-refractivity contribution in [3.05, 3.63) is 0 Å². The molecule has 0 spiro atoms. The number of nitrogens with two attached hydrogens (primary N) is 1. The molecule has 128 valence electrons. The molecule has 0 radical (unpaired) electrons. The lowest BCUT2D eigenvalue weighted by Gasteiger charge is -2.44. The fraction of sp³-hybridized carbons (Fsp3) is 0.846. The molecule has 3 unspecified atom stereocenters. The summed E-state index contributed by atoms with van der Waals surface area (Å²) in [6.07, 6.45) is -1.31. The van der Waals surface area contributed by atoms with Gasteiger partial charge in [0.05, 0.1) is 25.3 Å². The van der Waals surface area contributed by atoms with Crippen LogP contribution in [-0.2, 0) is 23.7 Å². The third kappa shape index (κ3) is 4.80. The maximum Gasteiger partial charge on any atom is 0.239 e. The Labute approximate surface area is 130 Å². The van der Waals surface area contributed by atoms with Crippen molar-refractivity contribution in [2.45, 2.75) is 37.4 Å². The fourth-order valence-corrected chi connectivity index (χ4v) is 2.60. The van der Waals surface area contributed by atoms with Crippen LogP contribution in [0.2, 0.25) is 0 Å². The van der Waals surface area contributed by atoms with Crippen molar-refractivity contribution in [2.75, 3.05) is 34.5 Å². The van der Waals surface area contributed by atoms with Crippen LogP contribution in [0.1, 0.15) is 6.92 Å². The summed E-state index contributed by atoms with van der Waals surface area (Å²) >= 11 is 0. The number of methoxy groups -OCH3 is 3. The van der Waals surface area contributed by atoms with Gasteiger partial charge in [-0.1, -0.05) is 0 Å². The van der Waals surface area contributed by atoms with Gasteiger partial charge < -0.3 is 35.3 Å². The summed E-state index contributed by atoms with van der Waals surface area (Å²) in [5.74, 6) is -0.570. The number of ether oxygens (including phenoxy) is 4. The Bertz CT molecular complexity index is 381. The second-order valence-electron chi connectivity index (χ2n) is 5.10. The molecule has 0 aromatic rings. The van der Waals surface area contributed by atoms with Gasteiger partial charge in [0.1, 0.15) is 18.3 Å². The molecule has 0 bridgehead atoms. The number of amides is 1. The Kier molecular flexibility index (Phi) is 7.52. The lowest BCUT2D eigenvalue weighted by atomic mass is 9.93. The molecular formula is C13H26N4O5. The summed E-state index contributed by atoms with van der Waals surface area (Å²) in [7, 11) is 4.71. The second kappa shape index (κ2) is 8.89. The molecule has 1 heterocycles. The highest BCUT2D eigenvalue weighted by molar-refractivity contribution is 5.84. The Morgan fingerprint density at radius 3 is 2.41 bits per heavy atom. The van der Waals surface area contributed by atoms with E-state index in [1.807, 2.05) is 6.92 Å². The topological polar surface area (TPSA) is 128 Å². The largest absolute Gasteiger partial charge is 0.382 e. The lowest BCUT2D eigenvalue weighted by molar-refractivity contribution is -0.208. The quantitative estimate of drug-likeness (QED) is 0.329. The zero-order valence-electron chi connectivity index (χ0n) is 13.4. The zero-order chi connectivity index (χ0) is 16.7. The van der Waals surface area contributed by atoms with Crippen LogP contribution in [0.25, 0.3) is 0 Å². The van der Waals surface area contributed by atoms with E-state index in [1.165, 1.54) is 0 Å². The summed E-state index contributed by atoms with van der Waals surface area (Å²) in [5.41, 5.74) is 5.16. The van der Waals surface area contributed by atoms with Crippen molar-refractivity contribution in [3.8, 4) is 0 Å².